The molecule has 6 heteroatoms. The Labute approximate surface area is 114 Å². The molecule has 2 N–H and O–H groups in total. The highest BCUT2D eigenvalue weighted by atomic mass is 32.2. The fourth-order valence-corrected chi connectivity index (χ4v) is 2.65. The van der Waals surface area contributed by atoms with E-state index in [0.717, 1.165) is 12.0 Å². The summed E-state index contributed by atoms with van der Waals surface area (Å²) in [5.41, 5.74) is 6.38. The van der Waals surface area contributed by atoms with Crippen molar-refractivity contribution in [1.82, 2.24) is 0 Å². The van der Waals surface area contributed by atoms with Crippen LogP contribution in [-0.4, -0.2) is 41.1 Å². The number of hydrogen-bond donors (Lipinski definition) is 1. The Morgan fingerprint density at radius 2 is 1.79 bits per heavy atom. The van der Waals surface area contributed by atoms with Gasteiger partial charge in [0.05, 0.1) is 17.3 Å². The van der Waals surface area contributed by atoms with Crippen molar-refractivity contribution in [3.05, 3.63) is 29.8 Å². The third-order valence-corrected chi connectivity index (χ3v) is 4.35. The first-order valence-corrected chi connectivity index (χ1v) is 7.84. The molecule has 0 amide bonds. The summed E-state index contributed by atoms with van der Waals surface area (Å²) in [4.78, 5) is 0.310. The maximum Gasteiger partial charge on any atom is 0.180 e. The topological polar surface area (TPSA) is 78.6 Å². The summed E-state index contributed by atoms with van der Waals surface area (Å²) >= 11 is 0. The average molecular weight is 287 g/mol. The summed E-state index contributed by atoms with van der Waals surface area (Å²) in [6.45, 7) is 1.73. The average Bonchev–Trinajstić information content (AvgIpc) is 2.43. The lowest BCUT2D eigenvalue weighted by atomic mass is 10.2. The predicted octanol–water partition coefficient (Wildman–Crippen LogP) is 0.972. The summed E-state index contributed by atoms with van der Waals surface area (Å²) in [6.07, 6.45) is 0.766. The fraction of sp³-hybridized carbons (Fsp3) is 0.538. The van der Waals surface area contributed by atoms with Gasteiger partial charge in [-0.05, 0) is 24.1 Å². The Balaban J connectivity index is 2.42. The lowest BCUT2D eigenvalue weighted by Crippen LogP contribution is -2.13. The van der Waals surface area contributed by atoms with E-state index < -0.39 is 9.84 Å². The lowest BCUT2D eigenvalue weighted by molar-refractivity contribution is 0.112. The van der Waals surface area contributed by atoms with Gasteiger partial charge < -0.3 is 15.2 Å². The van der Waals surface area contributed by atoms with Crippen LogP contribution in [0.5, 0.6) is 0 Å². The molecule has 0 radical (unpaired) electrons. The van der Waals surface area contributed by atoms with Crippen molar-refractivity contribution in [3.8, 4) is 0 Å². The zero-order valence-electron chi connectivity index (χ0n) is 11.2. The summed E-state index contributed by atoms with van der Waals surface area (Å²) in [5.74, 6) is -0.0120. The summed E-state index contributed by atoms with van der Waals surface area (Å²) in [7, 11) is -1.65. The molecule has 108 valence electrons. The van der Waals surface area contributed by atoms with E-state index in [2.05, 4.69) is 0 Å². The molecule has 0 saturated carbocycles. The lowest BCUT2D eigenvalue weighted by Gasteiger charge is -2.06. The first kappa shape index (κ1) is 16.1. The van der Waals surface area contributed by atoms with Crippen LogP contribution in [0.2, 0.25) is 0 Å². The second kappa shape index (κ2) is 8.27. The van der Waals surface area contributed by atoms with Gasteiger partial charge in [0, 0.05) is 26.9 Å². The van der Waals surface area contributed by atoms with Crippen molar-refractivity contribution in [2.75, 3.05) is 32.7 Å². The molecule has 1 aromatic rings. The van der Waals surface area contributed by atoms with Gasteiger partial charge in [0.1, 0.15) is 0 Å². The first-order chi connectivity index (χ1) is 9.10. The SMILES string of the molecule is COCCCOCCS(=O)(=O)c1ccc(CN)cc1. The highest BCUT2D eigenvalue weighted by molar-refractivity contribution is 7.91. The van der Waals surface area contributed by atoms with Gasteiger partial charge in [0.2, 0.25) is 0 Å². The second-order valence-corrected chi connectivity index (χ2v) is 6.23. The first-order valence-electron chi connectivity index (χ1n) is 6.18. The molecule has 19 heavy (non-hydrogen) atoms. The molecule has 0 fully saturated rings. The highest BCUT2D eigenvalue weighted by Crippen LogP contribution is 2.12. The maximum absolute atomic E-state index is 12.0. The minimum atomic E-state index is -3.28. The number of methoxy groups -OCH3 is 1. The van der Waals surface area contributed by atoms with E-state index in [1.54, 1.807) is 31.4 Å². The number of ether oxygens (including phenoxy) is 2. The van der Waals surface area contributed by atoms with E-state index in [1.165, 1.54) is 0 Å². The predicted molar refractivity (Wildman–Crippen MR) is 73.7 cm³/mol. The van der Waals surface area contributed by atoms with Gasteiger partial charge in [-0.3, -0.25) is 0 Å². The molecule has 1 aromatic carbocycles. The fourth-order valence-electron chi connectivity index (χ4n) is 1.53. The van der Waals surface area contributed by atoms with Gasteiger partial charge in [-0.15, -0.1) is 0 Å². The third kappa shape index (κ3) is 5.69. The molecule has 0 atom stereocenters. The molecule has 0 bridgehead atoms. The van der Waals surface area contributed by atoms with E-state index in [4.69, 9.17) is 15.2 Å². The van der Waals surface area contributed by atoms with E-state index in [0.29, 0.717) is 24.7 Å². The van der Waals surface area contributed by atoms with Crippen molar-refractivity contribution in [1.29, 1.82) is 0 Å². The number of rotatable bonds is 9. The molecule has 5 nitrogen and oxygen atoms in total. The largest absolute Gasteiger partial charge is 0.385 e. The molecule has 0 saturated heterocycles. The van der Waals surface area contributed by atoms with Gasteiger partial charge in [-0.25, -0.2) is 8.42 Å². The van der Waals surface area contributed by atoms with Gasteiger partial charge in [0.25, 0.3) is 0 Å². The smallest absolute Gasteiger partial charge is 0.180 e. The Morgan fingerprint density at radius 1 is 1.11 bits per heavy atom. The van der Waals surface area contributed by atoms with Crippen LogP contribution in [-0.2, 0) is 25.9 Å². The number of benzene rings is 1. The van der Waals surface area contributed by atoms with Crippen molar-refractivity contribution in [2.45, 2.75) is 17.9 Å². The normalized spacial score (nSPS) is 11.7. The molecule has 0 heterocycles. The Morgan fingerprint density at radius 3 is 2.37 bits per heavy atom. The van der Waals surface area contributed by atoms with Crippen LogP contribution < -0.4 is 5.73 Å². The van der Waals surface area contributed by atoms with Gasteiger partial charge in [-0.1, -0.05) is 12.1 Å². The monoisotopic (exact) mass is 287 g/mol. The molecular formula is C13H21NO4S. The molecule has 0 spiro atoms. The minimum absolute atomic E-state index is 0.0120. The van der Waals surface area contributed by atoms with Crippen molar-refractivity contribution >= 4 is 9.84 Å². The molecular weight excluding hydrogens is 266 g/mol. The van der Waals surface area contributed by atoms with Crippen molar-refractivity contribution in [3.63, 3.8) is 0 Å². The van der Waals surface area contributed by atoms with Gasteiger partial charge in [0.15, 0.2) is 9.84 Å². The molecule has 1 rings (SSSR count). The highest BCUT2D eigenvalue weighted by Gasteiger charge is 2.13. The molecule has 0 aliphatic heterocycles. The van der Waals surface area contributed by atoms with Gasteiger partial charge >= 0.3 is 0 Å². The Kier molecular flexibility index (Phi) is 7.01. The quantitative estimate of drug-likeness (QED) is 0.685. The Bertz CT molecular complexity index is 456. The van der Waals surface area contributed by atoms with Crippen LogP contribution in [0.4, 0.5) is 0 Å². The number of sulfone groups is 1. The Hall–Kier alpha value is -0.950. The van der Waals surface area contributed by atoms with Crippen molar-refractivity contribution < 1.29 is 17.9 Å². The van der Waals surface area contributed by atoms with Crippen LogP contribution in [0.25, 0.3) is 0 Å². The van der Waals surface area contributed by atoms with Crippen LogP contribution in [0.1, 0.15) is 12.0 Å². The van der Waals surface area contributed by atoms with E-state index in [9.17, 15) is 8.42 Å². The minimum Gasteiger partial charge on any atom is -0.385 e. The van der Waals surface area contributed by atoms with E-state index in [-0.39, 0.29) is 12.4 Å². The zero-order valence-corrected chi connectivity index (χ0v) is 12.0. The maximum atomic E-state index is 12.0. The van der Waals surface area contributed by atoms with Crippen LogP contribution in [0, 0.1) is 0 Å². The summed E-state index contributed by atoms with van der Waals surface area (Å²) in [6, 6.07) is 6.63. The van der Waals surface area contributed by atoms with Crippen LogP contribution >= 0.6 is 0 Å². The van der Waals surface area contributed by atoms with E-state index in [1.807, 2.05) is 0 Å². The second-order valence-electron chi connectivity index (χ2n) is 4.13. The summed E-state index contributed by atoms with van der Waals surface area (Å²) in [5, 5.41) is 0. The van der Waals surface area contributed by atoms with E-state index >= 15 is 0 Å². The molecule has 0 unspecified atom stereocenters. The van der Waals surface area contributed by atoms with Crippen LogP contribution in [0.15, 0.2) is 29.2 Å². The van der Waals surface area contributed by atoms with Crippen LogP contribution in [0.3, 0.4) is 0 Å². The van der Waals surface area contributed by atoms with Crippen molar-refractivity contribution in [2.24, 2.45) is 5.73 Å². The van der Waals surface area contributed by atoms with Gasteiger partial charge in [-0.2, -0.15) is 0 Å². The third-order valence-electron chi connectivity index (χ3n) is 2.65. The molecule has 0 aliphatic rings. The molecule has 0 aromatic heterocycles. The standard InChI is InChI=1S/C13H21NO4S/c1-17-7-2-8-18-9-10-19(15,16)13-5-3-12(11-14)4-6-13/h3-6H,2,7-11,14H2,1H3. The molecule has 0 aliphatic carbocycles. The number of hydrogen-bond acceptors (Lipinski definition) is 5. The zero-order chi connectivity index (χ0) is 14.1. The number of nitrogens with two attached hydrogens (primary N) is 1. The summed E-state index contributed by atoms with van der Waals surface area (Å²) < 4.78 is 34.1.